The van der Waals surface area contributed by atoms with Crippen LogP contribution in [0.25, 0.3) is 0 Å². The summed E-state index contributed by atoms with van der Waals surface area (Å²) < 4.78 is 61.6. The van der Waals surface area contributed by atoms with Crippen molar-refractivity contribution >= 4 is 33.6 Å². The minimum absolute atomic E-state index is 0.0806. The lowest BCUT2D eigenvalue weighted by molar-refractivity contribution is -0.161. The molecule has 0 aromatic rings. The highest BCUT2D eigenvalue weighted by Gasteiger charge is 2.30. The highest BCUT2D eigenvalue weighted by Crippen LogP contribution is 2.45. The number of ether oxygens (including phenoxy) is 3. The smallest absolute Gasteiger partial charge is 0.463 e. The number of carbonyl (C=O) groups excluding carboxylic acids is 3. The van der Waals surface area contributed by atoms with Crippen LogP contribution < -0.4 is 0 Å². The number of carbonyl (C=O) groups is 3. The fraction of sp³-hybridized carbons (Fsp3) is 0.716. The molecule has 16 nitrogen and oxygen atoms in total. The Morgan fingerprint density at radius 2 is 0.417 bits per heavy atom. The largest absolute Gasteiger partial charge is 0.472 e. The first kappa shape index (κ1) is 122. The first-order valence-corrected chi connectivity index (χ1v) is 54.4. The van der Waals surface area contributed by atoms with Gasteiger partial charge in [0.2, 0.25) is 0 Å². The molecular formula is C109H188O16P2. The molecule has 0 spiro atoms. The molecule has 0 saturated carbocycles. The van der Waals surface area contributed by atoms with Crippen LogP contribution in [0.4, 0.5) is 0 Å². The van der Waals surface area contributed by atoms with Gasteiger partial charge in [0.1, 0.15) is 25.4 Å². The Hall–Kier alpha value is -5.09. The molecule has 0 aliphatic heterocycles. The summed E-state index contributed by atoms with van der Waals surface area (Å²) in [4.78, 5) is 59.2. The van der Waals surface area contributed by atoms with Gasteiger partial charge in [-0.15, -0.1) is 0 Å². The minimum atomic E-state index is -4.95. The summed E-state index contributed by atoms with van der Waals surface area (Å²) in [6.07, 6.45) is 131. The number of phosphoric acid groups is 2. The third kappa shape index (κ3) is 101. The fourth-order valence-corrected chi connectivity index (χ4v) is 15.8. The first-order chi connectivity index (χ1) is 62.2. The Labute approximate surface area is 777 Å². The molecule has 0 rings (SSSR count). The van der Waals surface area contributed by atoms with Crippen LogP contribution in [-0.2, 0) is 55.8 Å². The van der Waals surface area contributed by atoms with Crippen molar-refractivity contribution in [3.8, 4) is 0 Å². The molecule has 0 fully saturated rings. The van der Waals surface area contributed by atoms with Gasteiger partial charge >= 0.3 is 33.6 Å². The second-order valence-corrected chi connectivity index (χ2v) is 37.1. The summed E-state index contributed by atoms with van der Waals surface area (Å²) in [5.41, 5.74) is 0. The number of phosphoric ester groups is 2. The Morgan fingerprint density at radius 3 is 0.661 bits per heavy atom. The molecule has 127 heavy (non-hydrogen) atoms. The lowest BCUT2D eigenvalue weighted by atomic mass is 10.0. The molecular weight excluding hydrogens is 1630 g/mol. The molecule has 0 heterocycles. The average molecular weight is 1820 g/mol. The van der Waals surface area contributed by atoms with Gasteiger partial charge in [-0.25, -0.2) is 9.13 Å². The van der Waals surface area contributed by atoms with E-state index in [-0.39, 0.29) is 19.3 Å². The van der Waals surface area contributed by atoms with Crippen LogP contribution >= 0.6 is 15.6 Å². The molecule has 0 saturated heterocycles. The van der Waals surface area contributed by atoms with Crippen molar-refractivity contribution in [2.45, 2.75) is 463 Å². The molecule has 0 bridgehead atoms. The number of allylic oxidation sites excluding steroid dienone is 28. The zero-order valence-electron chi connectivity index (χ0n) is 80.9. The van der Waals surface area contributed by atoms with Crippen LogP contribution in [0.2, 0.25) is 0 Å². The van der Waals surface area contributed by atoms with Gasteiger partial charge in [0.25, 0.3) is 0 Å². The summed E-state index contributed by atoms with van der Waals surface area (Å²) in [6, 6.07) is 0. The van der Waals surface area contributed by atoms with E-state index in [1.165, 1.54) is 231 Å². The monoisotopic (exact) mass is 1820 g/mol. The van der Waals surface area contributed by atoms with Crippen molar-refractivity contribution in [2.24, 2.45) is 0 Å². The zero-order chi connectivity index (χ0) is 92.1. The molecule has 0 aliphatic rings. The molecule has 0 aromatic carbocycles. The molecule has 0 amide bonds. The molecule has 4 N–H and O–H groups in total. The van der Waals surface area contributed by atoms with Crippen molar-refractivity contribution in [1.29, 1.82) is 0 Å². The van der Waals surface area contributed by atoms with E-state index in [2.05, 4.69) is 191 Å². The van der Waals surface area contributed by atoms with E-state index < -0.39 is 91.5 Å². The van der Waals surface area contributed by atoms with Crippen molar-refractivity contribution in [3.05, 3.63) is 170 Å². The van der Waals surface area contributed by atoms with E-state index in [1.54, 1.807) is 0 Å². The second-order valence-electron chi connectivity index (χ2n) is 34.2. The maximum Gasteiger partial charge on any atom is 0.472 e. The van der Waals surface area contributed by atoms with Crippen molar-refractivity contribution < 1.29 is 75.8 Å². The van der Waals surface area contributed by atoms with E-state index in [9.17, 15) is 43.5 Å². The Bertz CT molecular complexity index is 2990. The quantitative estimate of drug-likeness (QED) is 0.0146. The average Bonchev–Trinajstić information content (AvgIpc) is 0.893. The summed E-state index contributed by atoms with van der Waals surface area (Å²) in [7, 11) is -9.82. The van der Waals surface area contributed by atoms with Gasteiger partial charge in [0.05, 0.1) is 26.4 Å². The fourth-order valence-electron chi connectivity index (χ4n) is 14.2. The number of unbranched alkanes of at least 4 members (excludes halogenated alkanes) is 46. The Kier molecular flexibility index (Phi) is 95.9. The summed E-state index contributed by atoms with van der Waals surface area (Å²) >= 11 is 0. The van der Waals surface area contributed by atoms with Crippen LogP contribution in [0.15, 0.2) is 170 Å². The molecule has 18 heteroatoms. The van der Waals surface area contributed by atoms with Crippen molar-refractivity contribution in [1.82, 2.24) is 0 Å². The number of hydrogen-bond acceptors (Lipinski definition) is 14. The van der Waals surface area contributed by atoms with E-state index in [4.69, 9.17) is 32.3 Å². The number of rotatable bonds is 97. The summed E-state index contributed by atoms with van der Waals surface area (Å²) in [5.74, 6) is -1.58. The topological polar surface area (TPSA) is 231 Å². The number of aliphatic hydroxyl groups excluding tert-OH is 2. The Morgan fingerprint density at radius 1 is 0.228 bits per heavy atom. The van der Waals surface area contributed by atoms with Gasteiger partial charge in [-0.2, -0.15) is 0 Å². The molecule has 0 aromatic heterocycles. The minimum Gasteiger partial charge on any atom is -0.463 e. The first-order valence-electron chi connectivity index (χ1n) is 51.4. The predicted molar refractivity (Wildman–Crippen MR) is 537 cm³/mol. The highest BCUT2D eigenvalue weighted by molar-refractivity contribution is 7.47. The maximum atomic E-state index is 13.1. The summed E-state index contributed by atoms with van der Waals surface area (Å²) in [5, 5.41) is 20.8. The standard InChI is InChI=1S/C109H188O16P2/c1-4-7-10-13-16-19-22-25-28-31-34-37-39-41-43-45-47-49-51-53-55-57-59-61-63-66-68-71-74-77-80-83-86-89-92-95-107(112)119-98-104(110)99-121-126(115,116)122-100-105(111)101-123-127(117,118)124-103-106(125-109(114)97-94-91-88-85-82-79-76-73-70-65-36-33-30-27-24-21-18-15-12-9-6-3)102-120-108(113)96-93-90-87-84-81-78-75-72-69-67-64-62-60-58-56-54-52-50-48-46-44-42-40-38-35-32-29-26-23-20-17-14-11-8-5-2/h7,9-10,12,16-21,25-30,34-38,41-44,65,73,76,104-106,110-111H,4-6,8,11,13-15,22-24,31-33,39-40,45-64,66-72,74-75,77-103H2,1-3H3,(H,115,116)(H,117,118)/b10-7-,12-9-,19-16-,20-17-,21-18-,28-25-,29-26-,30-27-,37-34-,38-35-,43-41-,44-42-,65-36-,76-73-. The lowest BCUT2D eigenvalue weighted by Crippen LogP contribution is -2.30. The van der Waals surface area contributed by atoms with E-state index in [1.807, 2.05) is 0 Å². The number of aliphatic hydroxyl groups is 2. The van der Waals surface area contributed by atoms with Crippen LogP contribution in [0.5, 0.6) is 0 Å². The third-order valence-electron chi connectivity index (χ3n) is 21.9. The molecule has 0 aliphatic carbocycles. The third-order valence-corrected chi connectivity index (χ3v) is 23.8. The van der Waals surface area contributed by atoms with Crippen molar-refractivity contribution in [2.75, 3.05) is 39.6 Å². The van der Waals surface area contributed by atoms with Gasteiger partial charge < -0.3 is 34.2 Å². The molecule has 5 atom stereocenters. The zero-order valence-corrected chi connectivity index (χ0v) is 82.7. The van der Waals surface area contributed by atoms with Crippen molar-refractivity contribution in [3.63, 3.8) is 0 Å². The van der Waals surface area contributed by atoms with Crippen LogP contribution in [0.1, 0.15) is 445 Å². The molecule has 730 valence electrons. The van der Waals surface area contributed by atoms with Crippen LogP contribution in [0.3, 0.4) is 0 Å². The van der Waals surface area contributed by atoms with Gasteiger partial charge in [0, 0.05) is 19.3 Å². The van der Waals surface area contributed by atoms with E-state index in [0.29, 0.717) is 19.3 Å². The molecule has 5 unspecified atom stereocenters. The van der Waals surface area contributed by atoms with Gasteiger partial charge in [0.15, 0.2) is 6.10 Å². The lowest BCUT2D eigenvalue weighted by Gasteiger charge is -2.21. The highest BCUT2D eigenvalue weighted by atomic mass is 31.2. The molecule has 0 radical (unpaired) electrons. The van der Waals surface area contributed by atoms with Gasteiger partial charge in [-0.1, -0.05) is 441 Å². The maximum absolute atomic E-state index is 13.1. The number of esters is 3. The van der Waals surface area contributed by atoms with E-state index >= 15 is 0 Å². The summed E-state index contributed by atoms with van der Waals surface area (Å²) in [6.45, 7) is 2.48. The van der Waals surface area contributed by atoms with Crippen LogP contribution in [0, 0.1) is 0 Å². The van der Waals surface area contributed by atoms with E-state index in [0.717, 1.165) is 154 Å². The Balaban J connectivity index is 4.51. The van der Waals surface area contributed by atoms with Crippen LogP contribution in [-0.4, -0.2) is 95.9 Å². The number of hydrogen-bond donors (Lipinski definition) is 4. The second kappa shape index (κ2) is 99.9. The SMILES string of the molecule is CC/C=C\C/C=C\C/C=C\C/C=C\C/C=C\CCCCCCCCCCCCCCCCCCCCCC(=O)OCC(O)COP(=O)(O)OCC(O)COP(=O)(O)OCC(COC(=O)CCCCCCCCCCCCCCCCCCCCC/C=C\C/C=C\C/C=C\C/C=C\CCCCC)OC(=O)CCCCCCC/C=C\C/C=C\C/C=C\C/C=C\C/C=C\CC. The van der Waals surface area contributed by atoms with Gasteiger partial charge in [-0.3, -0.25) is 32.5 Å². The normalized spacial score (nSPS) is 14.4. The van der Waals surface area contributed by atoms with Gasteiger partial charge in [-0.05, 0) is 154 Å². The predicted octanol–water partition coefficient (Wildman–Crippen LogP) is 32.6.